The van der Waals surface area contributed by atoms with Crippen molar-refractivity contribution in [2.75, 3.05) is 20.2 Å². The molecule has 1 aromatic heterocycles. The maximum atomic E-state index is 11.1. The van der Waals surface area contributed by atoms with E-state index in [2.05, 4.69) is 33.5 Å². The first-order valence-electron chi connectivity index (χ1n) is 11.7. The van der Waals surface area contributed by atoms with Crippen LogP contribution in [-0.4, -0.2) is 51.3 Å². The number of nitrogens with zero attached hydrogens (tertiary/aromatic N) is 4. The van der Waals surface area contributed by atoms with Gasteiger partial charge in [0.2, 0.25) is 0 Å². The van der Waals surface area contributed by atoms with Crippen LogP contribution in [0.25, 0.3) is 0 Å². The van der Waals surface area contributed by atoms with Crippen molar-refractivity contribution in [1.82, 2.24) is 19.9 Å². The van der Waals surface area contributed by atoms with E-state index in [9.17, 15) is 5.11 Å². The Balaban J connectivity index is 1.37. The van der Waals surface area contributed by atoms with Gasteiger partial charge in [-0.05, 0) is 55.7 Å². The van der Waals surface area contributed by atoms with Crippen LogP contribution in [0.4, 0.5) is 0 Å². The third-order valence-corrected chi connectivity index (χ3v) is 7.35. The average molecular weight is 411 g/mol. The van der Waals surface area contributed by atoms with Crippen molar-refractivity contribution in [3.8, 4) is 5.75 Å². The normalized spacial score (nSPS) is 28.5. The molecule has 1 aromatic carbocycles. The molecule has 1 saturated heterocycles. The van der Waals surface area contributed by atoms with Gasteiger partial charge < -0.3 is 9.84 Å². The Morgan fingerprint density at radius 3 is 2.53 bits per heavy atom. The summed E-state index contributed by atoms with van der Waals surface area (Å²) in [6.45, 7) is 1.92. The van der Waals surface area contributed by atoms with Gasteiger partial charge in [-0.1, -0.05) is 36.6 Å². The molecule has 162 valence electrons. The van der Waals surface area contributed by atoms with Gasteiger partial charge >= 0.3 is 0 Å². The maximum absolute atomic E-state index is 11.1. The van der Waals surface area contributed by atoms with E-state index in [4.69, 9.17) is 4.74 Å². The molecule has 6 nitrogen and oxygen atoms in total. The number of ether oxygens (including phenoxy) is 1. The summed E-state index contributed by atoms with van der Waals surface area (Å²) in [4.78, 5) is 2.60. The zero-order valence-corrected chi connectivity index (χ0v) is 18.0. The highest BCUT2D eigenvalue weighted by atomic mass is 16.5. The highest BCUT2D eigenvalue weighted by Crippen LogP contribution is 2.41. The first kappa shape index (κ1) is 20.0. The van der Waals surface area contributed by atoms with Crippen molar-refractivity contribution in [3.63, 3.8) is 0 Å². The number of hydrogen-bond acceptors (Lipinski definition) is 5. The Morgan fingerprint density at radius 2 is 1.83 bits per heavy atom. The molecule has 3 aliphatic rings. The molecule has 2 aromatic rings. The van der Waals surface area contributed by atoms with E-state index >= 15 is 0 Å². The Morgan fingerprint density at radius 1 is 1.07 bits per heavy atom. The van der Waals surface area contributed by atoms with Crippen molar-refractivity contribution in [2.24, 2.45) is 5.92 Å². The van der Waals surface area contributed by atoms with Crippen molar-refractivity contribution in [3.05, 3.63) is 41.7 Å². The van der Waals surface area contributed by atoms with Crippen LogP contribution < -0.4 is 4.74 Å². The fourth-order valence-corrected chi connectivity index (χ4v) is 5.38. The van der Waals surface area contributed by atoms with Gasteiger partial charge in [-0.25, -0.2) is 4.68 Å². The maximum Gasteiger partial charge on any atom is 0.118 e. The van der Waals surface area contributed by atoms with Gasteiger partial charge in [0.25, 0.3) is 0 Å². The molecule has 3 fully saturated rings. The number of piperidine rings is 1. The number of likely N-dealkylation sites (tertiary alicyclic amines) is 1. The number of aromatic nitrogens is 3. The summed E-state index contributed by atoms with van der Waals surface area (Å²) in [7, 11) is 1.70. The van der Waals surface area contributed by atoms with Crippen molar-refractivity contribution >= 4 is 0 Å². The highest BCUT2D eigenvalue weighted by molar-refractivity contribution is 5.29. The Kier molecular flexibility index (Phi) is 5.79. The smallest absolute Gasteiger partial charge is 0.118 e. The molecule has 0 spiro atoms. The van der Waals surface area contributed by atoms with Gasteiger partial charge in [0.05, 0.1) is 24.9 Å². The molecule has 3 atom stereocenters. The lowest BCUT2D eigenvalue weighted by Crippen LogP contribution is -2.47. The minimum atomic E-state index is -0.423. The molecule has 0 radical (unpaired) electrons. The van der Waals surface area contributed by atoms with Crippen LogP contribution in [0.2, 0.25) is 0 Å². The third-order valence-electron chi connectivity index (χ3n) is 7.35. The minimum Gasteiger partial charge on any atom is -0.497 e. The minimum absolute atomic E-state index is 0.0249. The Bertz CT molecular complexity index is 826. The quantitative estimate of drug-likeness (QED) is 0.777. The second-order valence-corrected chi connectivity index (χ2v) is 9.51. The Hall–Kier alpha value is -1.92. The molecule has 0 amide bonds. The molecule has 30 heavy (non-hydrogen) atoms. The van der Waals surface area contributed by atoms with E-state index in [1.54, 1.807) is 7.11 Å². The van der Waals surface area contributed by atoms with Gasteiger partial charge in [-0.3, -0.25) is 4.90 Å². The summed E-state index contributed by atoms with van der Waals surface area (Å²) < 4.78 is 7.29. The second-order valence-electron chi connectivity index (χ2n) is 9.51. The van der Waals surface area contributed by atoms with Gasteiger partial charge in [-0.2, -0.15) is 0 Å². The van der Waals surface area contributed by atoms with E-state index in [1.807, 2.05) is 16.8 Å². The molecule has 2 heterocycles. The molecule has 6 heteroatoms. The molecular formula is C24H34N4O2. The van der Waals surface area contributed by atoms with Crippen molar-refractivity contribution < 1.29 is 9.84 Å². The molecule has 1 aliphatic heterocycles. The predicted molar refractivity (Wildman–Crippen MR) is 116 cm³/mol. The van der Waals surface area contributed by atoms with Gasteiger partial charge in [0.1, 0.15) is 5.75 Å². The van der Waals surface area contributed by atoms with Crippen LogP contribution >= 0.6 is 0 Å². The van der Waals surface area contributed by atoms with Crippen LogP contribution in [-0.2, 0) is 0 Å². The van der Waals surface area contributed by atoms with E-state index in [1.165, 1.54) is 50.5 Å². The van der Waals surface area contributed by atoms with Crippen LogP contribution in [0.1, 0.15) is 80.6 Å². The largest absolute Gasteiger partial charge is 0.497 e. The fourth-order valence-electron chi connectivity index (χ4n) is 5.38. The predicted octanol–water partition coefficient (Wildman–Crippen LogP) is 4.09. The van der Waals surface area contributed by atoms with Crippen LogP contribution in [0.15, 0.2) is 30.5 Å². The molecule has 1 N–H and O–H groups in total. The molecular weight excluding hydrogens is 376 g/mol. The summed E-state index contributed by atoms with van der Waals surface area (Å²) in [5.74, 6) is 2.22. The molecule has 0 bridgehead atoms. The third kappa shape index (κ3) is 4.26. The number of rotatable bonds is 6. The summed E-state index contributed by atoms with van der Waals surface area (Å²) >= 11 is 0. The lowest BCUT2D eigenvalue weighted by molar-refractivity contribution is -0.0154. The van der Waals surface area contributed by atoms with Crippen molar-refractivity contribution in [2.45, 2.75) is 75.5 Å². The van der Waals surface area contributed by atoms with Crippen LogP contribution in [0, 0.1) is 5.92 Å². The summed E-state index contributed by atoms with van der Waals surface area (Å²) in [5.41, 5.74) is 2.36. The van der Waals surface area contributed by atoms with Gasteiger partial charge in [0.15, 0.2) is 0 Å². The number of aliphatic hydroxyl groups excluding tert-OH is 1. The van der Waals surface area contributed by atoms with E-state index in [0.29, 0.717) is 5.92 Å². The first-order valence-corrected chi connectivity index (χ1v) is 11.7. The number of methoxy groups -OCH3 is 1. The van der Waals surface area contributed by atoms with Crippen LogP contribution in [0.5, 0.6) is 5.75 Å². The second kappa shape index (κ2) is 8.67. The number of hydrogen-bond donors (Lipinski definition) is 1. The average Bonchev–Trinajstić information content (AvgIpc) is 3.52. The fraction of sp³-hybridized carbons (Fsp3) is 0.667. The number of aliphatic hydroxyl groups is 1. The van der Waals surface area contributed by atoms with Gasteiger partial charge in [-0.15, -0.1) is 5.10 Å². The monoisotopic (exact) mass is 410 g/mol. The standard InChI is InChI=1S/C24H34N4O2/c1-30-20-11-9-19(10-12-20)22-13-24(29)23(28-15-21(25-26-28)18-7-8-18)16-27(22)14-17-5-3-2-4-6-17/h9-12,15,17-18,22-24,29H,2-8,13-14,16H2,1H3/t22-,23+,24+/m1/s1. The topological polar surface area (TPSA) is 63.4 Å². The van der Waals surface area contributed by atoms with Crippen molar-refractivity contribution in [1.29, 1.82) is 0 Å². The molecule has 5 rings (SSSR count). The molecule has 2 aliphatic carbocycles. The van der Waals surface area contributed by atoms with E-state index < -0.39 is 6.10 Å². The summed E-state index contributed by atoms with van der Waals surface area (Å²) in [5, 5.41) is 19.9. The SMILES string of the molecule is COc1ccc([C@H]2C[C@H](O)[C@@H](n3cc(C4CC4)nn3)CN2CC2CCCCC2)cc1. The Labute approximate surface area is 179 Å². The highest BCUT2D eigenvalue weighted by Gasteiger charge is 2.38. The first-order chi connectivity index (χ1) is 14.7. The lowest BCUT2D eigenvalue weighted by Gasteiger charge is -2.44. The zero-order chi connectivity index (χ0) is 20.5. The van der Waals surface area contributed by atoms with Crippen LogP contribution in [0.3, 0.4) is 0 Å². The van der Waals surface area contributed by atoms with E-state index in [0.717, 1.165) is 36.9 Å². The van der Waals surface area contributed by atoms with E-state index in [-0.39, 0.29) is 12.1 Å². The molecule has 0 unspecified atom stereocenters. The lowest BCUT2D eigenvalue weighted by atomic mass is 9.85. The number of benzene rings is 1. The zero-order valence-electron chi connectivity index (χ0n) is 18.0. The summed E-state index contributed by atoms with van der Waals surface area (Å²) in [6, 6.07) is 8.59. The molecule has 2 saturated carbocycles. The summed E-state index contributed by atoms with van der Waals surface area (Å²) in [6.07, 6.45) is 11.6. The van der Waals surface area contributed by atoms with Gasteiger partial charge in [0, 0.05) is 31.2 Å².